The molecule has 0 fully saturated rings. The van der Waals surface area contributed by atoms with Crippen molar-refractivity contribution in [1.29, 1.82) is 0 Å². The number of carboxylic acids is 1. The fourth-order valence-corrected chi connectivity index (χ4v) is 3.54. The quantitative estimate of drug-likeness (QED) is 0.261. The Hall–Kier alpha value is -1.74. The summed E-state index contributed by atoms with van der Waals surface area (Å²) in [7, 11) is 4.51. The minimum atomic E-state index is -1.77. The SMILES string of the molecule is COC(C)OC(C)OC(C)C(OC(C)OC(C)OC)(OC(C)OC(C)OC)c1cccnc1CC(=O)O. The van der Waals surface area contributed by atoms with Crippen molar-refractivity contribution in [2.75, 3.05) is 21.3 Å². The number of nitrogens with zero attached hydrogens (tertiary/aromatic N) is 1. The molecule has 0 amide bonds. The molecule has 1 rings (SSSR count). The van der Waals surface area contributed by atoms with Gasteiger partial charge in [0.15, 0.2) is 37.7 Å². The molecule has 0 saturated heterocycles. The fraction of sp³-hybridized carbons (Fsp3) is 0.760. The van der Waals surface area contributed by atoms with Crippen molar-refractivity contribution in [3.8, 4) is 0 Å². The van der Waals surface area contributed by atoms with Crippen LogP contribution in [0.5, 0.6) is 0 Å². The second kappa shape index (κ2) is 16.3. The van der Waals surface area contributed by atoms with Gasteiger partial charge in [0.1, 0.15) is 6.10 Å². The van der Waals surface area contributed by atoms with Crippen molar-refractivity contribution >= 4 is 5.97 Å². The van der Waals surface area contributed by atoms with E-state index in [1.54, 1.807) is 60.6 Å². The summed E-state index contributed by atoms with van der Waals surface area (Å²) in [6.45, 7) is 11.8. The van der Waals surface area contributed by atoms with E-state index in [0.29, 0.717) is 5.56 Å². The average Bonchev–Trinajstić information content (AvgIpc) is 2.82. The minimum absolute atomic E-state index is 0.211. The first-order chi connectivity index (χ1) is 17.4. The topological polar surface area (TPSA) is 133 Å². The summed E-state index contributed by atoms with van der Waals surface area (Å²) in [6, 6.07) is 3.31. The fourth-order valence-electron chi connectivity index (χ4n) is 3.54. The maximum atomic E-state index is 11.7. The van der Waals surface area contributed by atoms with Crippen molar-refractivity contribution in [2.24, 2.45) is 0 Å². The van der Waals surface area contributed by atoms with Crippen molar-refractivity contribution in [2.45, 2.75) is 105 Å². The lowest BCUT2D eigenvalue weighted by molar-refractivity contribution is -0.412. The van der Waals surface area contributed by atoms with E-state index in [2.05, 4.69) is 4.98 Å². The first kappa shape index (κ1) is 33.3. The number of hydrogen-bond acceptors (Lipinski definition) is 11. The molecule has 0 aliphatic heterocycles. The van der Waals surface area contributed by atoms with Crippen LogP contribution in [0.3, 0.4) is 0 Å². The molecule has 0 aliphatic carbocycles. The monoisotopic (exact) mass is 533 g/mol. The number of carboxylic acid groups (broad SMARTS) is 1. The van der Waals surface area contributed by atoms with E-state index >= 15 is 0 Å². The van der Waals surface area contributed by atoms with Crippen LogP contribution < -0.4 is 0 Å². The molecule has 0 radical (unpaired) electrons. The summed E-state index contributed by atoms with van der Waals surface area (Å²) in [5.41, 5.74) is 0.529. The van der Waals surface area contributed by atoms with Gasteiger partial charge < -0.3 is 47.7 Å². The molecule has 1 aromatic rings. The van der Waals surface area contributed by atoms with Gasteiger partial charge in [-0.05, 0) is 54.5 Å². The van der Waals surface area contributed by atoms with Crippen molar-refractivity contribution < 1.29 is 52.5 Å². The highest BCUT2D eigenvalue weighted by molar-refractivity contribution is 5.70. The molecule has 1 aromatic heterocycles. The molecular weight excluding hydrogens is 490 g/mol. The van der Waals surface area contributed by atoms with E-state index in [-0.39, 0.29) is 5.69 Å². The molecule has 214 valence electrons. The number of hydrogen-bond donors (Lipinski definition) is 1. The van der Waals surface area contributed by atoms with Crippen LogP contribution in [0, 0.1) is 0 Å². The number of ether oxygens (including phenoxy) is 9. The van der Waals surface area contributed by atoms with Crippen LogP contribution in [0.4, 0.5) is 0 Å². The first-order valence-electron chi connectivity index (χ1n) is 12.1. The first-order valence-corrected chi connectivity index (χ1v) is 12.1. The Morgan fingerprint density at radius 3 is 1.68 bits per heavy atom. The maximum Gasteiger partial charge on any atom is 0.309 e. The molecule has 0 aromatic carbocycles. The number of pyridine rings is 1. The van der Waals surface area contributed by atoms with Crippen LogP contribution in [0.15, 0.2) is 18.3 Å². The molecule has 7 atom stereocenters. The van der Waals surface area contributed by atoms with Gasteiger partial charge in [-0.15, -0.1) is 0 Å². The van der Waals surface area contributed by atoms with E-state index in [4.69, 9.17) is 42.6 Å². The molecule has 12 heteroatoms. The van der Waals surface area contributed by atoms with Crippen LogP contribution in [0.25, 0.3) is 0 Å². The molecular formula is C25H43NO11. The highest BCUT2D eigenvalue weighted by Gasteiger charge is 2.48. The molecule has 7 unspecified atom stereocenters. The van der Waals surface area contributed by atoms with Gasteiger partial charge in [-0.1, -0.05) is 6.07 Å². The zero-order valence-electron chi connectivity index (χ0n) is 23.5. The molecule has 37 heavy (non-hydrogen) atoms. The third-order valence-electron chi connectivity index (χ3n) is 5.34. The Morgan fingerprint density at radius 2 is 1.24 bits per heavy atom. The molecule has 0 bridgehead atoms. The van der Waals surface area contributed by atoms with Gasteiger partial charge in [-0.2, -0.15) is 0 Å². The smallest absolute Gasteiger partial charge is 0.309 e. The summed E-state index contributed by atoms with van der Waals surface area (Å²) >= 11 is 0. The van der Waals surface area contributed by atoms with E-state index in [0.717, 1.165) is 0 Å². The van der Waals surface area contributed by atoms with E-state index in [9.17, 15) is 9.90 Å². The normalized spacial score (nSPS) is 19.3. The Bertz CT molecular complexity index is 776. The summed E-state index contributed by atoms with van der Waals surface area (Å²) in [5, 5.41) is 9.56. The van der Waals surface area contributed by atoms with Gasteiger partial charge in [-0.25, -0.2) is 0 Å². The lowest BCUT2D eigenvalue weighted by Crippen LogP contribution is -2.51. The van der Waals surface area contributed by atoms with Crippen molar-refractivity contribution in [1.82, 2.24) is 4.98 Å². The van der Waals surface area contributed by atoms with Crippen molar-refractivity contribution in [3.63, 3.8) is 0 Å². The number of carbonyl (C=O) groups is 1. The summed E-state index contributed by atoms with van der Waals surface area (Å²) in [4.78, 5) is 16.0. The van der Waals surface area contributed by atoms with Gasteiger partial charge >= 0.3 is 5.97 Å². The lowest BCUT2D eigenvalue weighted by Gasteiger charge is -2.43. The van der Waals surface area contributed by atoms with Crippen LogP contribution in [-0.4, -0.2) is 81.2 Å². The molecule has 0 aliphatic rings. The van der Waals surface area contributed by atoms with Crippen LogP contribution in [-0.2, 0) is 59.6 Å². The molecule has 1 N–H and O–H groups in total. The molecule has 12 nitrogen and oxygen atoms in total. The predicted octanol–water partition coefficient (Wildman–Crippen LogP) is 3.36. The van der Waals surface area contributed by atoms with Crippen LogP contribution in [0.2, 0.25) is 0 Å². The van der Waals surface area contributed by atoms with Gasteiger partial charge in [0.25, 0.3) is 0 Å². The third kappa shape index (κ3) is 10.9. The Kier molecular flexibility index (Phi) is 14.6. The predicted molar refractivity (Wildman–Crippen MR) is 131 cm³/mol. The van der Waals surface area contributed by atoms with E-state index < -0.39 is 62.0 Å². The number of aliphatic carboxylic acids is 1. The van der Waals surface area contributed by atoms with Crippen LogP contribution >= 0.6 is 0 Å². The Balaban J connectivity index is 3.64. The lowest BCUT2D eigenvalue weighted by atomic mass is 9.96. The van der Waals surface area contributed by atoms with Gasteiger partial charge in [0.05, 0.1) is 12.1 Å². The summed E-state index contributed by atoms with van der Waals surface area (Å²) < 4.78 is 51.8. The zero-order valence-corrected chi connectivity index (χ0v) is 23.5. The second-order valence-electron chi connectivity index (χ2n) is 8.27. The van der Waals surface area contributed by atoms with Crippen molar-refractivity contribution in [3.05, 3.63) is 29.6 Å². The Labute approximate surface area is 219 Å². The molecule has 1 heterocycles. The minimum Gasteiger partial charge on any atom is -0.481 e. The van der Waals surface area contributed by atoms with E-state index in [1.165, 1.54) is 27.5 Å². The summed E-state index contributed by atoms with van der Waals surface area (Å²) in [6.07, 6.45) is -4.14. The second-order valence-corrected chi connectivity index (χ2v) is 8.27. The average molecular weight is 534 g/mol. The highest BCUT2D eigenvalue weighted by Crippen LogP contribution is 2.39. The van der Waals surface area contributed by atoms with Gasteiger partial charge in [0.2, 0.25) is 5.79 Å². The summed E-state index contributed by atoms with van der Waals surface area (Å²) in [5.74, 6) is -2.85. The van der Waals surface area contributed by atoms with Gasteiger partial charge in [0, 0.05) is 33.1 Å². The van der Waals surface area contributed by atoms with Crippen LogP contribution in [0.1, 0.15) is 59.7 Å². The highest BCUT2D eigenvalue weighted by atomic mass is 16.9. The molecule has 0 spiro atoms. The Morgan fingerprint density at radius 1 is 0.784 bits per heavy atom. The number of rotatable bonds is 19. The van der Waals surface area contributed by atoms with E-state index in [1.807, 2.05) is 0 Å². The maximum absolute atomic E-state index is 11.7. The molecule has 0 saturated carbocycles. The zero-order chi connectivity index (χ0) is 28.2. The third-order valence-corrected chi connectivity index (χ3v) is 5.34. The number of methoxy groups -OCH3 is 3. The standard InChI is InChI=1S/C25H43NO11/c1-15(32-19(5)33-16(2)29-8)25(36-20(6)34-17(3)30-9,37-21(7)35-18(4)31-10)22-12-11-13-26-23(22)14-24(27)28/h11-13,15-21H,14H2,1-10H3,(H,27,28). The van der Waals surface area contributed by atoms with Gasteiger partial charge in [-0.3, -0.25) is 9.78 Å². The number of aromatic nitrogens is 1. The largest absolute Gasteiger partial charge is 0.481 e.